The maximum atomic E-state index is 10.2. The van der Waals surface area contributed by atoms with Gasteiger partial charge in [0, 0.05) is 35.2 Å². The van der Waals surface area contributed by atoms with Gasteiger partial charge in [-0.15, -0.1) is 0 Å². The molecule has 0 radical (unpaired) electrons. The summed E-state index contributed by atoms with van der Waals surface area (Å²) in [4.78, 5) is 4.03. The zero-order chi connectivity index (χ0) is 11.5. The van der Waals surface area contributed by atoms with Crippen LogP contribution in [-0.2, 0) is 6.54 Å². The summed E-state index contributed by atoms with van der Waals surface area (Å²) >= 11 is 3.33. The van der Waals surface area contributed by atoms with Crippen LogP contribution in [0.15, 0.2) is 35.2 Å². The van der Waals surface area contributed by atoms with Gasteiger partial charge in [0.2, 0.25) is 0 Å². The monoisotopic (exact) mass is 281 g/mol. The van der Waals surface area contributed by atoms with E-state index in [0.717, 1.165) is 22.3 Å². The molecule has 0 aliphatic carbocycles. The van der Waals surface area contributed by atoms with Gasteiger partial charge < -0.3 is 5.11 Å². The number of aliphatic hydroxyl groups is 1. The Balaban J connectivity index is 2.35. The smallest absolute Gasteiger partial charge is 0.122 e. The minimum Gasteiger partial charge on any atom is -0.382 e. The van der Waals surface area contributed by atoms with Gasteiger partial charge in [-0.1, -0.05) is 0 Å². The number of aryl methyl sites for hydroxylation is 1. The second-order valence-electron chi connectivity index (χ2n) is 3.41. The molecule has 4 nitrogen and oxygen atoms in total. The average Bonchev–Trinajstić information content (AvgIpc) is 2.76. The molecule has 16 heavy (non-hydrogen) atoms. The summed E-state index contributed by atoms with van der Waals surface area (Å²) in [6, 6.07) is 3.67. The highest BCUT2D eigenvalue weighted by atomic mass is 79.9. The molecule has 0 amide bonds. The van der Waals surface area contributed by atoms with Crippen molar-refractivity contribution in [1.29, 1.82) is 0 Å². The first-order valence-corrected chi connectivity index (χ1v) is 5.82. The van der Waals surface area contributed by atoms with Crippen molar-refractivity contribution >= 4 is 15.9 Å². The lowest BCUT2D eigenvalue weighted by Gasteiger charge is -2.12. The summed E-state index contributed by atoms with van der Waals surface area (Å²) in [5, 5.41) is 14.3. The molecule has 84 valence electrons. The standard InChI is InChI=1S/C11H12BrN3O/c1-2-15-10(3-4-14-15)11(16)8-5-9(12)7-13-6-8/h3-7,11,16H,2H2,1H3. The molecular weight excluding hydrogens is 270 g/mol. The quantitative estimate of drug-likeness (QED) is 0.938. The van der Waals surface area contributed by atoms with Crippen LogP contribution < -0.4 is 0 Å². The van der Waals surface area contributed by atoms with E-state index in [0.29, 0.717) is 0 Å². The van der Waals surface area contributed by atoms with E-state index in [1.807, 2.05) is 19.1 Å². The molecule has 0 saturated heterocycles. The number of pyridine rings is 1. The number of nitrogens with zero attached hydrogens (tertiary/aromatic N) is 3. The zero-order valence-electron chi connectivity index (χ0n) is 8.84. The van der Waals surface area contributed by atoms with Crippen LogP contribution in [0.25, 0.3) is 0 Å². The Morgan fingerprint density at radius 3 is 3.00 bits per heavy atom. The van der Waals surface area contributed by atoms with Crippen molar-refractivity contribution in [2.24, 2.45) is 0 Å². The molecule has 1 unspecified atom stereocenters. The van der Waals surface area contributed by atoms with Crippen molar-refractivity contribution in [2.75, 3.05) is 0 Å². The van der Waals surface area contributed by atoms with Crippen molar-refractivity contribution in [3.05, 3.63) is 46.5 Å². The van der Waals surface area contributed by atoms with E-state index in [4.69, 9.17) is 0 Å². The van der Waals surface area contributed by atoms with Crippen molar-refractivity contribution in [3.63, 3.8) is 0 Å². The van der Waals surface area contributed by atoms with Crippen LogP contribution >= 0.6 is 15.9 Å². The second kappa shape index (κ2) is 4.76. The number of hydrogen-bond acceptors (Lipinski definition) is 3. The summed E-state index contributed by atoms with van der Waals surface area (Å²) in [6.07, 6.45) is 4.34. The Labute approximate surface area is 102 Å². The van der Waals surface area contributed by atoms with Crippen LogP contribution in [-0.4, -0.2) is 19.9 Å². The van der Waals surface area contributed by atoms with Gasteiger partial charge in [0.25, 0.3) is 0 Å². The van der Waals surface area contributed by atoms with Gasteiger partial charge in [-0.25, -0.2) is 0 Å². The van der Waals surface area contributed by atoms with Gasteiger partial charge in [0.1, 0.15) is 6.10 Å². The fourth-order valence-electron chi connectivity index (χ4n) is 1.59. The Morgan fingerprint density at radius 1 is 1.50 bits per heavy atom. The van der Waals surface area contributed by atoms with Crippen molar-refractivity contribution < 1.29 is 5.11 Å². The highest BCUT2D eigenvalue weighted by Crippen LogP contribution is 2.23. The summed E-state index contributed by atoms with van der Waals surface area (Å²) in [5.41, 5.74) is 1.53. The number of halogens is 1. The van der Waals surface area contributed by atoms with Crippen LogP contribution in [0, 0.1) is 0 Å². The molecule has 5 heteroatoms. The Kier molecular flexibility index (Phi) is 3.36. The molecule has 0 aliphatic rings. The molecule has 2 rings (SSSR count). The molecule has 0 saturated carbocycles. The zero-order valence-corrected chi connectivity index (χ0v) is 10.4. The van der Waals surface area contributed by atoms with E-state index in [1.165, 1.54) is 0 Å². The Bertz CT molecular complexity index is 484. The highest BCUT2D eigenvalue weighted by Gasteiger charge is 2.15. The summed E-state index contributed by atoms with van der Waals surface area (Å²) < 4.78 is 2.62. The molecule has 1 atom stereocenters. The first-order chi connectivity index (χ1) is 7.72. The third kappa shape index (κ3) is 2.15. The van der Waals surface area contributed by atoms with Crippen LogP contribution in [0.2, 0.25) is 0 Å². The highest BCUT2D eigenvalue weighted by molar-refractivity contribution is 9.10. The summed E-state index contributed by atoms with van der Waals surface area (Å²) in [5.74, 6) is 0. The van der Waals surface area contributed by atoms with Crippen LogP contribution in [0.1, 0.15) is 24.3 Å². The topological polar surface area (TPSA) is 50.9 Å². The van der Waals surface area contributed by atoms with Crippen molar-refractivity contribution in [1.82, 2.24) is 14.8 Å². The molecule has 2 heterocycles. The molecule has 1 N–H and O–H groups in total. The fourth-order valence-corrected chi connectivity index (χ4v) is 1.97. The van der Waals surface area contributed by atoms with Crippen molar-refractivity contribution in [2.45, 2.75) is 19.6 Å². The summed E-state index contributed by atoms with van der Waals surface area (Å²) in [6.45, 7) is 2.73. The van der Waals surface area contributed by atoms with Gasteiger partial charge in [0.15, 0.2) is 0 Å². The predicted octanol–water partition coefficient (Wildman–Crippen LogP) is 2.14. The van der Waals surface area contributed by atoms with Crippen LogP contribution in [0.5, 0.6) is 0 Å². The molecule has 2 aromatic heterocycles. The second-order valence-corrected chi connectivity index (χ2v) is 4.33. The first kappa shape index (κ1) is 11.3. The molecule has 0 bridgehead atoms. The Hall–Kier alpha value is -1.20. The van der Waals surface area contributed by atoms with E-state index in [9.17, 15) is 5.11 Å². The van der Waals surface area contributed by atoms with Crippen molar-refractivity contribution in [3.8, 4) is 0 Å². The van der Waals surface area contributed by atoms with E-state index in [-0.39, 0.29) is 0 Å². The van der Waals surface area contributed by atoms with Gasteiger partial charge >= 0.3 is 0 Å². The molecule has 0 aliphatic heterocycles. The molecule has 0 fully saturated rings. The fraction of sp³-hybridized carbons (Fsp3) is 0.273. The van der Waals surface area contributed by atoms with E-state index >= 15 is 0 Å². The van der Waals surface area contributed by atoms with Gasteiger partial charge in [-0.05, 0) is 35.0 Å². The average molecular weight is 282 g/mol. The lowest BCUT2D eigenvalue weighted by molar-refractivity contribution is 0.207. The minimum atomic E-state index is -0.688. The number of aliphatic hydroxyl groups excluding tert-OH is 1. The number of hydrogen-bond donors (Lipinski definition) is 1. The molecular formula is C11H12BrN3O. The third-order valence-corrected chi connectivity index (χ3v) is 2.80. The molecule has 2 aromatic rings. The number of aromatic nitrogens is 3. The Morgan fingerprint density at radius 2 is 2.31 bits per heavy atom. The number of rotatable bonds is 3. The minimum absolute atomic E-state index is 0.688. The van der Waals surface area contributed by atoms with Crippen LogP contribution in [0.3, 0.4) is 0 Å². The van der Waals surface area contributed by atoms with E-state index < -0.39 is 6.10 Å². The lowest BCUT2D eigenvalue weighted by atomic mass is 10.1. The first-order valence-electron chi connectivity index (χ1n) is 5.02. The predicted molar refractivity (Wildman–Crippen MR) is 63.9 cm³/mol. The molecule has 0 spiro atoms. The van der Waals surface area contributed by atoms with Crippen LogP contribution in [0.4, 0.5) is 0 Å². The largest absolute Gasteiger partial charge is 0.382 e. The van der Waals surface area contributed by atoms with E-state index in [1.54, 1.807) is 23.3 Å². The summed E-state index contributed by atoms with van der Waals surface area (Å²) in [7, 11) is 0. The van der Waals surface area contributed by atoms with E-state index in [2.05, 4.69) is 26.0 Å². The normalized spacial score (nSPS) is 12.7. The van der Waals surface area contributed by atoms with Gasteiger partial charge in [-0.3, -0.25) is 9.67 Å². The third-order valence-electron chi connectivity index (χ3n) is 2.37. The lowest BCUT2D eigenvalue weighted by Crippen LogP contribution is -2.09. The molecule has 0 aromatic carbocycles. The maximum absolute atomic E-state index is 10.2. The SMILES string of the molecule is CCn1nccc1C(O)c1cncc(Br)c1. The maximum Gasteiger partial charge on any atom is 0.122 e. The van der Waals surface area contributed by atoms with Gasteiger partial charge in [-0.2, -0.15) is 5.10 Å². The van der Waals surface area contributed by atoms with Gasteiger partial charge in [0.05, 0.1) is 5.69 Å².